The first-order chi connectivity index (χ1) is 7.49. The molecular weight excluding hydrogens is 208 g/mol. The van der Waals surface area contributed by atoms with Crippen LogP contribution in [-0.2, 0) is 10.2 Å². The van der Waals surface area contributed by atoms with E-state index < -0.39 is 11.4 Å². The molecule has 86 valence electrons. The van der Waals surface area contributed by atoms with Gasteiger partial charge >= 0.3 is 5.97 Å². The zero-order chi connectivity index (χ0) is 11.8. The van der Waals surface area contributed by atoms with Crippen LogP contribution in [0.2, 0.25) is 0 Å². The third kappa shape index (κ3) is 1.96. The Bertz CT molecular complexity index is 423. The molecule has 0 saturated heterocycles. The van der Waals surface area contributed by atoms with E-state index in [-0.39, 0.29) is 13.2 Å². The van der Waals surface area contributed by atoms with Crippen LogP contribution in [0.4, 0.5) is 0 Å². The highest BCUT2D eigenvalue weighted by Gasteiger charge is 2.26. The Morgan fingerprint density at radius 2 is 2.06 bits per heavy atom. The molecule has 0 atom stereocenters. The second-order valence-electron chi connectivity index (χ2n) is 4.52. The van der Waals surface area contributed by atoms with Crippen molar-refractivity contribution >= 4 is 5.97 Å². The molecule has 0 radical (unpaired) electrons. The van der Waals surface area contributed by atoms with Gasteiger partial charge in [0.1, 0.15) is 0 Å². The van der Waals surface area contributed by atoms with Crippen LogP contribution >= 0.6 is 0 Å². The minimum absolute atomic E-state index is 0.0899. The maximum absolute atomic E-state index is 10.8. The molecule has 0 spiro atoms. The molecule has 1 N–H and O–H groups in total. The summed E-state index contributed by atoms with van der Waals surface area (Å²) >= 11 is 0. The fourth-order valence-corrected chi connectivity index (χ4v) is 1.80. The molecule has 1 aliphatic heterocycles. The van der Waals surface area contributed by atoms with Crippen molar-refractivity contribution in [2.45, 2.75) is 25.7 Å². The molecule has 1 aromatic carbocycles. The first-order valence-electron chi connectivity index (χ1n) is 5.11. The van der Waals surface area contributed by atoms with E-state index in [9.17, 15) is 4.79 Å². The normalized spacial score (nSPS) is 13.9. The van der Waals surface area contributed by atoms with E-state index in [0.717, 1.165) is 11.3 Å². The topological polar surface area (TPSA) is 55.8 Å². The van der Waals surface area contributed by atoms with Crippen molar-refractivity contribution in [1.29, 1.82) is 0 Å². The van der Waals surface area contributed by atoms with Crippen molar-refractivity contribution < 1.29 is 19.4 Å². The lowest BCUT2D eigenvalue weighted by atomic mass is 9.81. The summed E-state index contributed by atoms with van der Waals surface area (Å²) in [7, 11) is 0. The predicted octanol–water partition coefficient (Wildman–Crippen LogP) is 2.17. The van der Waals surface area contributed by atoms with Gasteiger partial charge < -0.3 is 14.6 Å². The molecule has 1 aliphatic rings. The number of aliphatic carboxylic acids is 1. The lowest BCUT2D eigenvalue weighted by Crippen LogP contribution is -2.21. The molecule has 2 rings (SSSR count). The average molecular weight is 222 g/mol. The summed E-state index contributed by atoms with van der Waals surface area (Å²) in [5.41, 5.74) is 0.534. The van der Waals surface area contributed by atoms with Crippen LogP contribution in [0.5, 0.6) is 11.5 Å². The number of hydrogen-bond acceptors (Lipinski definition) is 3. The van der Waals surface area contributed by atoms with E-state index in [1.54, 1.807) is 0 Å². The highest BCUT2D eigenvalue weighted by molar-refractivity contribution is 5.69. The first-order valence-corrected chi connectivity index (χ1v) is 5.11. The Labute approximate surface area is 93.8 Å². The number of benzene rings is 1. The molecular formula is C12H14O4. The molecule has 0 aliphatic carbocycles. The molecule has 4 heteroatoms. The third-order valence-electron chi connectivity index (χ3n) is 2.75. The molecule has 1 heterocycles. The van der Waals surface area contributed by atoms with Gasteiger partial charge in [-0.15, -0.1) is 0 Å². The van der Waals surface area contributed by atoms with E-state index in [4.69, 9.17) is 14.6 Å². The van der Waals surface area contributed by atoms with Gasteiger partial charge in [0, 0.05) is 5.41 Å². The van der Waals surface area contributed by atoms with Gasteiger partial charge in [-0.05, 0) is 17.7 Å². The van der Waals surface area contributed by atoms with Crippen LogP contribution in [-0.4, -0.2) is 17.9 Å². The van der Waals surface area contributed by atoms with E-state index in [0.29, 0.717) is 5.75 Å². The summed E-state index contributed by atoms with van der Waals surface area (Å²) in [6.07, 6.45) is 0.0899. The second-order valence-corrected chi connectivity index (χ2v) is 4.52. The molecule has 0 saturated carbocycles. The van der Waals surface area contributed by atoms with Gasteiger partial charge in [0.15, 0.2) is 11.5 Å². The summed E-state index contributed by atoms with van der Waals surface area (Å²) < 4.78 is 10.5. The van der Waals surface area contributed by atoms with Crippen LogP contribution in [0.15, 0.2) is 18.2 Å². The summed E-state index contributed by atoms with van der Waals surface area (Å²) in [6, 6.07) is 5.56. The summed E-state index contributed by atoms with van der Waals surface area (Å²) in [5.74, 6) is 0.605. The summed E-state index contributed by atoms with van der Waals surface area (Å²) in [5, 5.41) is 8.85. The van der Waals surface area contributed by atoms with Gasteiger partial charge in [0.25, 0.3) is 0 Å². The minimum atomic E-state index is -0.803. The van der Waals surface area contributed by atoms with Crippen molar-refractivity contribution in [2.24, 2.45) is 0 Å². The third-order valence-corrected chi connectivity index (χ3v) is 2.75. The number of carboxylic acid groups (broad SMARTS) is 1. The van der Waals surface area contributed by atoms with Crippen molar-refractivity contribution in [2.75, 3.05) is 6.79 Å². The molecule has 16 heavy (non-hydrogen) atoms. The monoisotopic (exact) mass is 222 g/mol. The van der Waals surface area contributed by atoms with Crippen LogP contribution in [0.1, 0.15) is 25.8 Å². The summed E-state index contributed by atoms with van der Waals surface area (Å²) in [4.78, 5) is 10.8. The largest absolute Gasteiger partial charge is 0.481 e. The lowest BCUT2D eigenvalue weighted by molar-refractivity contribution is -0.138. The van der Waals surface area contributed by atoms with Crippen LogP contribution in [0.25, 0.3) is 0 Å². The van der Waals surface area contributed by atoms with Gasteiger partial charge in [0.05, 0.1) is 6.42 Å². The van der Waals surface area contributed by atoms with Gasteiger partial charge in [0.2, 0.25) is 6.79 Å². The van der Waals surface area contributed by atoms with Crippen LogP contribution in [0.3, 0.4) is 0 Å². The Morgan fingerprint density at radius 1 is 1.38 bits per heavy atom. The predicted molar refractivity (Wildman–Crippen MR) is 57.8 cm³/mol. The number of hydrogen-bond donors (Lipinski definition) is 1. The Morgan fingerprint density at radius 3 is 2.75 bits per heavy atom. The van der Waals surface area contributed by atoms with Gasteiger partial charge in [-0.2, -0.15) is 0 Å². The number of ether oxygens (including phenoxy) is 2. The fraction of sp³-hybridized carbons (Fsp3) is 0.417. The van der Waals surface area contributed by atoms with E-state index in [1.165, 1.54) is 0 Å². The highest BCUT2D eigenvalue weighted by Crippen LogP contribution is 2.37. The first kappa shape index (κ1) is 10.8. The smallest absolute Gasteiger partial charge is 0.304 e. The Balaban J connectivity index is 2.30. The fourth-order valence-electron chi connectivity index (χ4n) is 1.80. The standard InChI is InChI=1S/C12H14O4/c1-12(2,6-11(13)14)8-3-4-9-10(5-8)16-7-15-9/h3-5H,6-7H2,1-2H3,(H,13,14). The number of rotatable bonds is 3. The summed E-state index contributed by atoms with van der Waals surface area (Å²) in [6.45, 7) is 4.04. The van der Waals surface area contributed by atoms with Gasteiger partial charge in [-0.25, -0.2) is 0 Å². The van der Waals surface area contributed by atoms with Crippen molar-refractivity contribution in [3.63, 3.8) is 0 Å². The van der Waals surface area contributed by atoms with E-state index in [1.807, 2.05) is 32.0 Å². The molecule has 1 aromatic rings. The highest BCUT2D eigenvalue weighted by atomic mass is 16.7. The van der Waals surface area contributed by atoms with Gasteiger partial charge in [-0.3, -0.25) is 4.79 Å². The van der Waals surface area contributed by atoms with Crippen molar-refractivity contribution in [1.82, 2.24) is 0 Å². The average Bonchev–Trinajstić information content (AvgIpc) is 2.61. The van der Waals surface area contributed by atoms with Crippen LogP contribution in [0, 0.1) is 0 Å². The molecule has 0 aromatic heterocycles. The van der Waals surface area contributed by atoms with Gasteiger partial charge in [-0.1, -0.05) is 19.9 Å². The molecule has 0 unspecified atom stereocenters. The SMILES string of the molecule is CC(C)(CC(=O)O)c1ccc2c(c1)OCO2. The number of carbonyl (C=O) groups is 1. The molecule has 0 amide bonds. The quantitative estimate of drug-likeness (QED) is 0.851. The van der Waals surface area contributed by atoms with E-state index >= 15 is 0 Å². The molecule has 4 nitrogen and oxygen atoms in total. The van der Waals surface area contributed by atoms with Crippen molar-refractivity contribution in [3.8, 4) is 11.5 Å². The Kier molecular flexibility index (Phi) is 2.50. The maximum atomic E-state index is 10.8. The van der Waals surface area contributed by atoms with Crippen LogP contribution < -0.4 is 9.47 Å². The molecule has 0 fully saturated rings. The van der Waals surface area contributed by atoms with Crippen molar-refractivity contribution in [3.05, 3.63) is 23.8 Å². The minimum Gasteiger partial charge on any atom is -0.481 e. The number of fused-ring (bicyclic) bond motifs is 1. The lowest BCUT2D eigenvalue weighted by Gasteiger charge is -2.23. The maximum Gasteiger partial charge on any atom is 0.304 e. The molecule has 0 bridgehead atoms. The second kappa shape index (κ2) is 3.70. The zero-order valence-corrected chi connectivity index (χ0v) is 9.32. The number of carboxylic acids is 1. The van der Waals surface area contributed by atoms with E-state index in [2.05, 4.69) is 0 Å². The zero-order valence-electron chi connectivity index (χ0n) is 9.32. The Hall–Kier alpha value is -1.71.